The minimum atomic E-state index is -0.751. The average Bonchev–Trinajstić information content (AvgIpc) is 3.32. The SMILES string of the molecule is Cc1cccn2c(C)c(C(O)=C3C(=O)C(=O)N(CCN(C)C)C3c3cccc(OCCC(C)C)c3)nc12. The number of imidazole rings is 1. The van der Waals surface area contributed by atoms with Crippen LogP contribution in [0.15, 0.2) is 48.2 Å². The fraction of sp³-hybridized carbons (Fsp3) is 0.414. The van der Waals surface area contributed by atoms with Crippen LogP contribution in [0.3, 0.4) is 0 Å². The second-order valence-corrected chi connectivity index (χ2v) is 10.3. The molecule has 1 N–H and O–H groups in total. The van der Waals surface area contributed by atoms with E-state index in [1.54, 1.807) is 0 Å². The Balaban J connectivity index is 1.83. The van der Waals surface area contributed by atoms with Gasteiger partial charge in [-0.2, -0.15) is 0 Å². The molecule has 0 bridgehead atoms. The Morgan fingerprint density at radius 3 is 2.59 bits per heavy atom. The molecule has 8 nitrogen and oxygen atoms in total. The first kappa shape index (κ1) is 26.4. The lowest BCUT2D eigenvalue weighted by molar-refractivity contribution is -0.140. The quantitative estimate of drug-likeness (QED) is 0.265. The number of rotatable bonds is 9. The highest BCUT2D eigenvalue weighted by Crippen LogP contribution is 2.40. The summed E-state index contributed by atoms with van der Waals surface area (Å²) >= 11 is 0. The van der Waals surface area contributed by atoms with Crippen LogP contribution in [0, 0.1) is 19.8 Å². The standard InChI is InChI=1S/C29H36N4O4/c1-18(2)12-16-37-22-11-7-10-21(17-22)25-23(27(35)29(36)33(25)15-14-31(5)6)26(34)24-20(4)32-13-8-9-19(3)28(32)30-24/h7-11,13,17-18,25,34H,12,14-16H2,1-6H3. The number of aliphatic hydroxyl groups is 1. The molecular weight excluding hydrogens is 468 g/mol. The van der Waals surface area contributed by atoms with Gasteiger partial charge in [-0.25, -0.2) is 4.98 Å². The number of aromatic nitrogens is 2. The molecule has 8 heteroatoms. The third kappa shape index (κ3) is 5.25. The average molecular weight is 505 g/mol. The number of likely N-dealkylation sites (N-methyl/N-ethyl adjacent to an activating group) is 1. The number of pyridine rings is 1. The van der Waals surface area contributed by atoms with E-state index in [1.165, 1.54) is 4.90 Å². The highest BCUT2D eigenvalue weighted by molar-refractivity contribution is 6.46. The van der Waals surface area contributed by atoms with Crippen molar-refractivity contribution in [1.82, 2.24) is 19.2 Å². The second kappa shape index (κ2) is 10.8. The molecule has 37 heavy (non-hydrogen) atoms. The van der Waals surface area contributed by atoms with Gasteiger partial charge in [-0.1, -0.05) is 32.0 Å². The minimum absolute atomic E-state index is 0.0484. The lowest BCUT2D eigenvalue weighted by Crippen LogP contribution is -2.35. The molecule has 1 saturated heterocycles. The molecule has 2 aromatic heterocycles. The number of ether oxygens (including phenoxy) is 1. The van der Waals surface area contributed by atoms with Crippen molar-refractivity contribution in [3.8, 4) is 5.75 Å². The van der Waals surface area contributed by atoms with Gasteiger partial charge in [0.05, 0.1) is 23.9 Å². The molecule has 0 radical (unpaired) electrons. The summed E-state index contributed by atoms with van der Waals surface area (Å²) in [4.78, 5) is 34.8. The molecule has 1 aromatic carbocycles. The van der Waals surface area contributed by atoms with Crippen molar-refractivity contribution in [2.24, 2.45) is 5.92 Å². The molecule has 3 aromatic rings. The van der Waals surface area contributed by atoms with E-state index in [1.807, 2.05) is 79.8 Å². The fourth-order valence-electron chi connectivity index (χ4n) is 4.63. The zero-order valence-electron chi connectivity index (χ0n) is 22.5. The molecule has 1 atom stereocenters. The Hall–Kier alpha value is -3.65. The van der Waals surface area contributed by atoms with E-state index in [9.17, 15) is 14.7 Å². The van der Waals surface area contributed by atoms with Crippen molar-refractivity contribution in [3.05, 3.63) is 70.7 Å². The first-order chi connectivity index (χ1) is 17.6. The number of likely N-dealkylation sites (tertiary alicyclic amines) is 1. The van der Waals surface area contributed by atoms with E-state index in [2.05, 4.69) is 18.8 Å². The van der Waals surface area contributed by atoms with E-state index in [0.717, 1.165) is 12.0 Å². The van der Waals surface area contributed by atoms with Crippen molar-refractivity contribution in [2.75, 3.05) is 33.8 Å². The normalized spacial score (nSPS) is 17.5. The summed E-state index contributed by atoms with van der Waals surface area (Å²) in [6, 6.07) is 10.5. The van der Waals surface area contributed by atoms with Gasteiger partial charge in [0.1, 0.15) is 17.1 Å². The number of benzene rings is 1. The summed E-state index contributed by atoms with van der Waals surface area (Å²) in [5.41, 5.74) is 3.39. The van der Waals surface area contributed by atoms with Crippen LogP contribution in [0.25, 0.3) is 11.4 Å². The highest BCUT2D eigenvalue weighted by Gasteiger charge is 2.46. The van der Waals surface area contributed by atoms with Crippen molar-refractivity contribution < 1.29 is 19.4 Å². The maximum atomic E-state index is 13.4. The largest absolute Gasteiger partial charge is 0.505 e. The highest BCUT2D eigenvalue weighted by atomic mass is 16.5. The molecular formula is C29H36N4O4. The molecule has 1 unspecified atom stereocenters. The molecule has 3 heterocycles. The zero-order valence-corrected chi connectivity index (χ0v) is 22.5. The van der Waals surface area contributed by atoms with E-state index in [4.69, 9.17) is 4.74 Å². The number of fused-ring (bicyclic) bond motifs is 1. The molecule has 196 valence electrons. The van der Waals surface area contributed by atoms with Crippen LogP contribution in [0.4, 0.5) is 0 Å². The molecule has 1 fully saturated rings. The van der Waals surface area contributed by atoms with Gasteiger partial charge < -0.3 is 24.0 Å². The fourth-order valence-corrected chi connectivity index (χ4v) is 4.63. The van der Waals surface area contributed by atoms with Crippen molar-refractivity contribution in [1.29, 1.82) is 0 Å². The van der Waals surface area contributed by atoms with Crippen LogP contribution in [0.1, 0.15) is 48.8 Å². The van der Waals surface area contributed by atoms with Crippen LogP contribution in [-0.2, 0) is 9.59 Å². The summed E-state index contributed by atoms with van der Waals surface area (Å²) in [5.74, 6) is -0.422. The van der Waals surface area contributed by atoms with Crippen LogP contribution in [0.2, 0.25) is 0 Å². The monoisotopic (exact) mass is 504 g/mol. The first-order valence-corrected chi connectivity index (χ1v) is 12.7. The molecule has 4 rings (SSSR count). The maximum absolute atomic E-state index is 13.4. The van der Waals surface area contributed by atoms with Gasteiger partial charge in [0, 0.05) is 19.3 Å². The van der Waals surface area contributed by atoms with Crippen LogP contribution >= 0.6 is 0 Å². The number of hydrogen-bond acceptors (Lipinski definition) is 6. The number of carbonyl (C=O) groups is 2. The predicted octanol–water partition coefficient (Wildman–Crippen LogP) is 4.36. The van der Waals surface area contributed by atoms with Gasteiger partial charge in [-0.3, -0.25) is 9.59 Å². The van der Waals surface area contributed by atoms with E-state index >= 15 is 0 Å². The van der Waals surface area contributed by atoms with Gasteiger partial charge >= 0.3 is 0 Å². The van der Waals surface area contributed by atoms with E-state index in [0.29, 0.717) is 54.0 Å². The third-order valence-electron chi connectivity index (χ3n) is 6.77. The van der Waals surface area contributed by atoms with E-state index < -0.39 is 17.7 Å². The Morgan fingerprint density at radius 2 is 1.92 bits per heavy atom. The lowest BCUT2D eigenvalue weighted by atomic mass is 9.96. The number of amides is 1. The Morgan fingerprint density at radius 1 is 1.16 bits per heavy atom. The smallest absolute Gasteiger partial charge is 0.295 e. The van der Waals surface area contributed by atoms with Gasteiger partial charge in [0.15, 0.2) is 5.76 Å². The van der Waals surface area contributed by atoms with Crippen molar-refractivity contribution >= 4 is 23.1 Å². The molecule has 1 aliphatic heterocycles. The zero-order chi connectivity index (χ0) is 26.9. The van der Waals surface area contributed by atoms with E-state index in [-0.39, 0.29) is 11.3 Å². The van der Waals surface area contributed by atoms with Crippen LogP contribution < -0.4 is 4.74 Å². The van der Waals surface area contributed by atoms with Gasteiger partial charge in [-0.05, 0) is 69.6 Å². The Labute approximate surface area is 218 Å². The number of carbonyl (C=O) groups excluding carboxylic acids is 2. The molecule has 1 aliphatic rings. The number of Topliss-reactive ketones (excluding diaryl/α,β-unsaturated/α-hetero) is 1. The lowest BCUT2D eigenvalue weighted by Gasteiger charge is -2.26. The third-order valence-corrected chi connectivity index (χ3v) is 6.77. The van der Waals surface area contributed by atoms with Crippen LogP contribution in [-0.4, -0.2) is 69.8 Å². The summed E-state index contributed by atoms with van der Waals surface area (Å²) in [5, 5.41) is 11.5. The summed E-state index contributed by atoms with van der Waals surface area (Å²) in [6.07, 6.45) is 2.78. The number of aliphatic hydroxyl groups excluding tert-OH is 1. The minimum Gasteiger partial charge on any atom is -0.505 e. The predicted molar refractivity (Wildman–Crippen MR) is 144 cm³/mol. The molecule has 1 amide bonds. The van der Waals surface area contributed by atoms with Gasteiger partial charge in [0.2, 0.25) is 0 Å². The summed E-state index contributed by atoms with van der Waals surface area (Å²) in [7, 11) is 3.83. The van der Waals surface area contributed by atoms with Crippen LogP contribution in [0.5, 0.6) is 5.75 Å². The van der Waals surface area contributed by atoms with Crippen molar-refractivity contribution in [3.63, 3.8) is 0 Å². The summed E-state index contributed by atoms with van der Waals surface area (Å²) in [6.45, 7) is 9.54. The van der Waals surface area contributed by atoms with Gasteiger partial charge in [-0.15, -0.1) is 0 Å². The summed E-state index contributed by atoms with van der Waals surface area (Å²) < 4.78 is 7.85. The van der Waals surface area contributed by atoms with Gasteiger partial charge in [0.25, 0.3) is 11.7 Å². The first-order valence-electron chi connectivity index (χ1n) is 12.7. The molecule has 0 aliphatic carbocycles. The number of nitrogens with zero attached hydrogens (tertiary/aromatic N) is 4. The number of ketones is 1. The molecule has 0 saturated carbocycles. The molecule has 0 spiro atoms. The van der Waals surface area contributed by atoms with Crippen molar-refractivity contribution in [2.45, 2.75) is 40.2 Å². The number of aryl methyl sites for hydroxylation is 2. The second-order valence-electron chi connectivity index (χ2n) is 10.3. The maximum Gasteiger partial charge on any atom is 0.295 e. The number of hydrogen-bond donors (Lipinski definition) is 1. The Kier molecular flexibility index (Phi) is 7.68. The Bertz CT molecular complexity index is 1360. The topological polar surface area (TPSA) is 87.4 Å².